The third kappa shape index (κ3) is 3.08. The molecule has 0 spiro atoms. The molecule has 0 saturated carbocycles. The number of carbonyl (C=O) groups is 1. The lowest BCUT2D eigenvalue weighted by Gasteiger charge is -2.16. The fourth-order valence-corrected chi connectivity index (χ4v) is 1.84. The van der Waals surface area contributed by atoms with Crippen molar-refractivity contribution in [2.45, 2.75) is 13.0 Å². The second-order valence-electron chi connectivity index (χ2n) is 4.44. The summed E-state index contributed by atoms with van der Waals surface area (Å²) in [7, 11) is 0. The molecule has 0 fully saturated rings. The predicted molar refractivity (Wildman–Crippen MR) is 67.1 cm³/mol. The highest BCUT2D eigenvalue weighted by Gasteiger charge is 2.21. The summed E-state index contributed by atoms with van der Waals surface area (Å²) >= 11 is 0. The number of furan rings is 1. The molecule has 1 aromatic heterocycles. The van der Waals surface area contributed by atoms with Gasteiger partial charge in [-0.05, 0) is 30.7 Å². The summed E-state index contributed by atoms with van der Waals surface area (Å²) in [5.74, 6) is -5.03. The van der Waals surface area contributed by atoms with Gasteiger partial charge in [-0.1, -0.05) is 0 Å². The van der Waals surface area contributed by atoms with E-state index in [-0.39, 0.29) is 11.3 Å². The molecule has 0 aliphatic carbocycles. The van der Waals surface area contributed by atoms with Crippen molar-refractivity contribution < 1.29 is 27.5 Å². The molecule has 1 atom stereocenters. The number of halogens is 3. The number of benzene rings is 1. The van der Waals surface area contributed by atoms with E-state index in [2.05, 4.69) is 5.32 Å². The SMILES string of the molecule is Cc1ccoc1C(=O)NC(CO)c1cc(F)c(F)c(F)c1. The van der Waals surface area contributed by atoms with Crippen molar-refractivity contribution in [2.24, 2.45) is 0 Å². The minimum absolute atomic E-state index is 0.0245. The molecule has 21 heavy (non-hydrogen) atoms. The van der Waals surface area contributed by atoms with Gasteiger partial charge in [0.05, 0.1) is 18.9 Å². The maximum atomic E-state index is 13.2. The summed E-state index contributed by atoms with van der Waals surface area (Å²) in [6.07, 6.45) is 1.31. The number of amides is 1. The Kier molecular flexibility index (Phi) is 4.32. The predicted octanol–water partition coefficient (Wildman–Crippen LogP) is 2.47. The van der Waals surface area contributed by atoms with Crippen LogP contribution in [0.25, 0.3) is 0 Å². The molecule has 0 radical (unpaired) electrons. The van der Waals surface area contributed by atoms with Crippen molar-refractivity contribution in [1.29, 1.82) is 0 Å². The number of rotatable bonds is 4. The Bertz CT molecular complexity index is 646. The fourth-order valence-electron chi connectivity index (χ4n) is 1.84. The van der Waals surface area contributed by atoms with Crippen molar-refractivity contribution in [1.82, 2.24) is 5.32 Å². The van der Waals surface area contributed by atoms with Gasteiger partial charge in [0, 0.05) is 5.56 Å². The van der Waals surface area contributed by atoms with Crippen LogP contribution in [0.15, 0.2) is 28.9 Å². The van der Waals surface area contributed by atoms with E-state index in [1.165, 1.54) is 6.26 Å². The van der Waals surface area contributed by atoms with Gasteiger partial charge >= 0.3 is 0 Å². The molecule has 4 nitrogen and oxygen atoms in total. The third-order valence-corrected chi connectivity index (χ3v) is 2.96. The first kappa shape index (κ1) is 15.1. The summed E-state index contributed by atoms with van der Waals surface area (Å²) in [5.41, 5.74) is 0.479. The smallest absolute Gasteiger partial charge is 0.287 e. The van der Waals surface area contributed by atoms with Crippen LogP contribution in [-0.4, -0.2) is 17.6 Å². The molecular weight excluding hydrogens is 287 g/mol. The average molecular weight is 299 g/mol. The van der Waals surface area contributed by atoms with Crippen LogP contribution in [0.5, 0.6) is 0 Å². The standard InChI is InChI=1S/C14H12F3NO3/c1-7-2-3-21-13(7)14(20)18-11(6-19)8-4-9(15)12(17)10(16)5-8/h2-5,11,19H,6H2,1H3,(H,18,20). The van der Waals surface area contributed by atoms with E-state index in [0.29, 0.717) is 17.7 Å². The number of aryl methyl sites for hydroxylation is 1. The summed E-state index contributed by atoms with van der Waals surface area (Å²) in [4.78, 5) is 11.9. The minimum Gasteiger partial charge on any atom is -0.459 e. The van der Waals surface area contributed by atoms with E-state index < -0.39 is 36.0 Å². The molecule has 1 aromatic carbocycles. The molecule has 0 aliphatic heterocycles. The largest absolute Gasteiger partial charge is 0.459 e. The van der Waals surface area contributed by atoms with Gasteiger partial charge in [-0.2, -0.15) is 0 Å². The number of nitrogens with one attached hydrogen (secondary N) is 1. The monoisotopic (exact) mass is 299 g/mol. The number of hydrogen-bond donors (Lipinski definition) is 2. The lowest BCUT2D eigenvalue weighted by molar-refractivity contribution is 0.0887. The van der Waals surface area contributed by atoms with Crippen molar-refractivity contribution >= 4 is 5.91 Å². The number of aliphatic hydroxyl groups is 1. The molecule has 2 aromatic rings. The van der Waals surface area contributed by atoms with E-state index in [4.69, 9.17) is 4.42 Å². The van der Waals surface area contributed by atoms with Gasteiger partial charge in [0.15, 0.2) is 23.2 Å². The zero-order valence-corrected chi connectivity index (χ0v) is 11.0. The average Bonchev–Trinajstić information content (AvgIpc) is 2.87. The minimum atomic E-state index is -1.61. The van der Waals surface area contributed by atoms with Crippen LogP contribution >= 0.6 is 0 Å². The van der Waals surface area contributed by atoms with Crippen LogP contribution in [0, 0.1) is 24.4 Å². The summed E-state index contributed by atoms with van der Waals surface area (Å²) in [6, 6.07) is 1.91. The quantitative estimate of drug-likeness (QED) is 0.853. The van der Waals surface area contributed by atoms with Crippen LogP contribution < -0.4 is 5.32 Å². The van der Waals surface area contributed by atoms with Gasteiger partial charge in [-0.3, -0.25) is 4.79 Å². The van der Waals surface area contributed by atoms with Gasteiger partial charge in [-0.25, -0.2) is 13.2 Å². The Morgan fingerprint density at radius 3 is 2.43 bits per heavy atom. The summed E-state index contributed by atoms with van der Waals surface area (Å²) in [6.45, 7) is 1.03. The molecule has 7 heteroatoms. The fraction of sp³-hybridized carbons (Fsp3) is 0.214. The van der Waals surface area contributed by atoms with Gasteiger partial charge in [-0.15, -0.1) is 0 Å². The molecule has 2 rings (SSSR count). The lowest BCUT2D eigenvalue weighted by atomic mass is 10.1. The molecule has 0 aliphatic rings. The Morgan fingerprint density at radius 2 is 1.95 bits per heavy atom. The maximum absolute atomic E-state index is 13.2. The number of hydrogen-bond acceptors (Lipinski definition) is 3. The van der Waals surface area contributed by atoms with Crippen molar-refractivity contribution in [3.8, 4) is 0 Å². The van der Waals surface area contributed by atoms with Crippen LogP contribution in [0.2, 0.25) is 0 Å². The zero-order chi connectivity index (χ0) is 15.6. The van der Waals surface area contributed by atoms with E-state index in [0.717, 1.165) is 0 Å². The highest BCUT2D eigenvalue weighted by Crippen LogP contribution is 2.20. The topological polar surface area (TPSA) is 62.5 Å². The van der Waals surface area contributed by atoms with Gasteiger partial charge < -0.3 is 14.8 Å². The first-order valence-electron chi connectivity index (χ1n) is 6.04. The first-order valence-corrected chi connectivity index (χ1v) is 6.04. The molecule has 112 valence electrons. The second kappa shape index (κ2) is 6.01. The van der Waals surface area contributed by atoms with Gasteiger partial charge in [0.25, 0.3) is 5.91 Å². The highest BCUT2D eigenvalue weighted by atomic mass is 19.2. The van der Waals surface area contributed by atoms with Crippen LogP contribution in [-0.2, 0) is 0 Å². The highest BCUT2D eigenvalue weighted by molar-refractivity contribution is 5.93. The molecule has 1 amide bonds. The van der Waals surface area contributed by atoms with Crippen LogP contribution in [0.4, 0.5) is 13.2 Å². The molecule has 1 unspecified atom stereocenters. The van der Waals surface area contributed by atoms with Crippen molar-refractivity contribution in [3.63, 3.8) is 0 Å². The Balaban J connectivity index is 2.25. The van der Waals surface area contributed by atoms with E-state index in [1.807, 2.05) is 0 Å². The van der Waals surface area contributed by atoms with E-state index in [9.17, 15) is 23.1 Å². The Labute approximate surface area is 118 Å². The van der Waals surface area contributed by atoms with Gasteiger partial charge in [0.1, 0.15) is 0 Å². The number of aliphatic hydroxyl groups excluding tert-OH is 1. The molecular formula is C14H12F3NO3. The third-order valence-electron chi connectivity index (χ3n) is 2.96. The molecule has 1 heterocycles. The lowest BCUT2D eigenvalue weighted by Crippen LogP contribution is -2.31. The first-order chi connectivity index (χ1) is 9.93. The molecule has 2 N–H and O–H groups in total. The van der Waals surface area contributed by atoms with E-state index in [1.54, 1.807) is 13.0 Å². The van der Waals surface area contributed by atoms with E-state index >= 15 is 0 Å². The normalized spacial score (nSPS) is 12.2. The van der Waals surface area contributed by atoms with Crippen LogP contribution in [0.1, 0.15) is 27.7 Å². The Morgan fingerprint density at radius 1 is 1.33 bits per heavy atom. The number of carbonyl (C=O) groups excluding carboxylic acids is 1. The van der Waals surface area contributed by atoms with Crippen LogP contribution in [0.3, 0.4) is 0 Å². The van der Waals surface area contributed by atoms with Crippen molar-refractivity contribution in [2.75, 3.05) is 6.61 Å². The molecule has 0 saturated heterocycles. The molecule has 0 bridgehead atoms. The summed E-state index contributed by atoms with van der Waals surface area (Å²) in [5, 5.41) is 11.6. The van der Waals surface area contributed by atoms with Crippen molar-refractivity contribution in [3.05, 3.63) is 58.8 Å². The second-order valence-corrected chi connectivity index (χ2v) is 4.44. The summed E-state index contributed by atoms with van der Waals surface area (Å²) < 4.78 is 44.2. The zero-order valence-electron chi connectivity index (χ0n) is 11.0. The maximum Gasteiger partial charge on any atom is 0.287 e. The van der Waals surface area contributed by atoms with Gasteiger partial charge in [0.2, 0.25) is 0 Å². The Hall–Kier alpha value is -2.28.